The molecule has 1 rings (SSSR count). The summed E-state index contributed by atoms with van der Waals surface area (Å²) in [6, 6.07) is 10.2. The summed E-state index contributed by atoms with van der Waals surface area (Å²) in [6.45, 7) is 5.14. The highest BCUT2D eigenvalue weighted by atomic mass is 16.5. The van der Waals surface area contributed by atoms with Crippen LogP contribution < -0.4 is 0 Å². The monoisotopic (exact) mass is 354 g/mol. The highest BCUT2D eigenvalue weighted by Crippen LogP contribution is 2.09. The first-order valence-electron chi connectivity index (χ1n) is 10.1. The lowest BCUT2D eigenvalue weighted by atomic mass is 10.1. The molecule has 0 atom stereocenters. The van der Waals surface area contributed by atoms with Gasteiger partial charge in [-0.2, -0.15) is 0 Å². The summed E-state index contributed by atoms with van der Waals surface area (Å²) in [7, 11) is 0. The molecule has 0 aliphatic heterocycles. The van der Waals surface area contributed by atoms with E-state index in [4.69, 9.17) is 4.74 Å². The third kappa shape index (κ3) is 13.4. The van der Waals surface area contributed by atoms with Crippen LogP contribution in [0.25, 0.3) is 0 Å². The summed E-state index contributed by atoms with van der Waals surface area (Å²) >= 11 is 0. The molecule has 0 radical (unpaired) electrons. The van der Waals surface area contributed by atoms with Gasteiger partial charge in [0.2, 0.25) is 5.78 Å². The summed E-state index contributed by atoms with van der Waals surface area (Å²) in [5.74, 6) is 5.88. The molecule has 2 nitrogen and oxygen atoms in total. The minimum Gasteiger partial charge on any atom is -0.377 e. The summed E-state index contributed by atoms with van der Waals surface area (Å²) in [6.07, 6.45) is 13.6. The molecule has 0 fully saturated rings. The second kappa shape index (κ2) is 16.6. The van der Waals surface area contributed by atoms with Crippen molar-refractivity contribution in [2.75, 3.05) is 6.61 Å². The third-order valence-corrected chi connectivity index (χ3v) is 4.24. The first-order chi connectivity index (χ1) is 12.8. The maximum absolute atomic E-state index is 11.7. The number of ketones is 1. The van der Waals surface area contributed by atoms with E-state index in [1.807, 2.05) is 24.3 Å². The number of benzene rings is 1. The van der Waals surface area contributed by atoms with Crippen LogP contribution in [-0.2, 0) is 16.1 Å². The number of allylic oxidation sites excluding steroid dienone is 1. The van der Waals surface area contributed by atoms with Gasteiger partial charge in [0.25, 0.3) is 0 Å². The first-order valence-corrected chi connectivity index (χ1v) is 10.1. The Morgan fingerprint density at radius 3 is 2.46 bits per heavy atom. The molecular formula is C24H34O2. The Kier molecular flexibility index (Phi) is 14.2. The quantitative estimate of drug-likeness (QED) is 0.161. The maximum Gasteiger partial charge on any atom is 0.205 e. The summed E-state index contributed by atoms with van der Waals surface area (Å²) < 4.78 is 5.63. The van der Waals surface area contributed by atoms with E-state index < -0.39 is 0 Å². The van der Waals surface area contributed by atoms with Crippen molar-refractivity contribution in [1.82, 2.24) is 0 Å². The van der Waals surface area contributed by atoms with Crippen LogP contribution in [0.5, 0.6) is 0 Å². The number of unbranched alkanes of at least 4 members (excludes halogenated alkanes) is 8. The second-order valence-electron chi connectivity index (χ2n) is 6.67. The Morgan fingerprint density at radius 1 is 0.962 bits per heavy atom. The van der Waals surface area contributed by atoms with E-state index in [0.29, 0.717) is 13.0 Å². The van der Waals surface area contributed by atoms with E-state index in [2.05, 4.69) is 30.6 Å². The molecule has 0 bridgehead atoms. The van der Waals surface area contributed by atoms with Crippen molar-refractivity contribution in [2.24, 2.45) is 0 Å². The van der Waals surface area contributed by atoms with Gasteiger partial charge in [-0.15, -0.1) is 6.58 Å². The Morgan fingerprint density at radius 2 is 1.69 bits per heavy atom. The van der Waals surface area contributed by atoms with Crippen LogP contribution >= 0.6 is 0 Å². The van der Waals surface area contributed by atoms with Gasteiger partial charge < -0.3 is 4.74 Å². The lowest BCUT2D eigenvalue weighted by molar-refractivity contribution is -0.113. The molecule has 0 N–H and O–H groups in total. The van der Waals surface area contributed by atoms with Crippen LogP contribution in [0.2, 0.25) is 0 Å². The van der Waals surface area contributed by atoms with E-state index in [1.54, 1.807) is 0 Å². The zero-order valence-corrected chi connectivity index (χ0v) is 16.2. The largest absolute Gasteiger partial charge is 0.377 e. The average Bonchev–Trinajstić information content (AvgIpc) is 2.67. The average molecular weight is 355 g/mol. The topological polar surface area (TPSA) is 26.3 Å². The molecule has 1 aromatic rings. The van der Waals surface area contributed by atoms with Gasteiger partial charge in [0, 0.05) is 19.4 Å². The molecule has 0 spiro atoms. The van der Waals surface area contributed by atoms with Gasteiger partial charge in [-0.25, -0.2) is 0 Å². The molecule has 0 aliphatic carbocycles. The van der Waals surface area contributed by atoms with E-state index in [9.17, 15) is 4.79 Å². The highest BCUT2D eigenvalue weighted by molar-refractivity contribution is 5.95. The number of hydrogen-bond acceptors (Lipinski definition) is 2. The van der Waals surface area contributed by atoms with Gasteiger partial charge in [0.15, 0.2) is 0 Å². The lowest BCUT2D eigenvalue weighted by Crippen LogP contribution is -1.95. The Labute approximate surface area is 160 Å². The fourth-order valence-corrected chi connectivity index (χ4v) is 2.69. The van der Waals surface area contributed by atoms with Crippen molar-refractivity contribution in [3.63, 3.8) is 0 Å². The van der Waals surface area contributed by atoms with Gasteiger partial charge in [-0.1, -0.05) is 68.0 Å². The van der Waals surface area contributed by atoms with Crippen molar-refractivity contribution >= 4 is 5.78 Å². The third-order valence-electron chi connectivity index (χ3n) is 4.24. The molecular weight excluding hydrogens is 320 g/mol. The van der Waals surface area contributed by atoms with Gasteiger partial charge in [0.1, 0.15) is 0 Å². The molecule has 26 heavy (non-hydrogen) atoms. The van der Waals surface area contributed by atoms with Crippen molar-refractivity contribution in [2.45, 2.75) is 77.2 Å². The summed E-state index contributed by atoms with van der Waals surface area (Å²) in [5, 5.41) is 0. The smallest absolute Gasteiger partial charge is 0.205 e. The Hall–Kier alpha value is -1.85. The lowest BCUT2D eigenvalue weighted by Gasteiger charge is -2.03. The zero-order chi connectivity index (χ0) is 18.7. The van der Waals surface area contributed by atoms with E-state index >= 15 is 0 Å². The van der Waals surface area contributed by atoms with Crippen LogP contribution in [-0.4, -0.2) is 12.4 Å². The van der Waals surface area contributed by atoms with Crippen LogP contribution in [0.1, 0.15) is 76.2 Å². The number of rotatable bonds is 15. The maximum atomic E-state index is 11.7. The van der Waals surface area contributed by atoms with Crippen LogP contribution in [0.3, 0.4) is 0 Å². The highest BCUT2D eigenvalue weighted by Gasteiger charge is 1.97. The van der Waals surface area contributed by atoms with Crippen LogP contribution in [0.15, 0.2) is 43.0 Å². The van der Waals surface area contributed by atoms with Crippen molar-refractivity contribution < 1.29 is 9.53 Å². The van der Waals surface area contributed by atoms with Gasteiger partial charge >= 0.3 is 0 Å². The Balaban J connectivity index is 1.89. The normalized spacial score (nSPS) is 10.2. The molecule has 0 aliphatic rings. The molecule has 142 valence electrons. The van der Waals surface area contributed by atoms with Gasteiger partial charge in [0.05, 0.1) is 6.61 Å². The van der Waals surface area contributed by atoms with Gasteiger partial charge in [-0.05, 0) is 43.6 Å². The predicted octanol–water partition coefficient (Wildman–Crippen LogP) is 6.25. The first kappa shape index (κ1) is 22.2. The molecule has 0 saturated carbocycles. The molecule has 0 saturated heterocycles. The molecule has 0 unspecified atom stereocenters. The number of carbonyl (C=O) groups is 1. The summed E-state index contributed by atoms with van der Waals surface area (Å²) in [4.78, 5) is 11.7. The molecule has 0 heterocycles. The fraction of sp³-hybridized carbons (Fsp3) is 0.542. The second-order valence-corrected chi connectivity index (χ2v) is 6.67. The van der Waals surface area contributed by atoms with Crippen LogP contribution in [0.4, 0.5) is 0 Å². The molecule has 1 aromatic carbocycles. The van der Waals surface area contributed by atoms with Crippen LogP contribution in [0, 0.1) is 11.8 Å². The number of hydrogen-bond donors (Lipinski definition) is 0. The SMILES string of the molecule is C=CCCCCCCCCC(=O)C#CCCCCOCc1ccccc1. The number of Topliss-reactive ketones (excluding diaryl/α,β-unsaturated/α-hetero) is 1. The standard InChI is InChI=1S/C24H34O2/c1-2-3-4-5-6-7-8-14-19-24(25)20-15-9-10-16-21-26-22-23-17-12-11-13-18-23/h2,11-13,17-18H,1,3-10,14,16,19,21-22H2. The molecule has 2 heteroatoms. The van der Waals surface area contributed by atoms with Crippen molar-refractivity contribution in [1.29, 1.82) is 0 Å². The minimum atomic E-state index is 0.0944. The van der Waals surface area contributed by atoms with E-state index in [1.165, 1.54) is 31.2 Å². The number of ether oxygens (including phenoxy) is 1. The number of carbonyl (C=O) groups excluding carboxylic acids is 1. The predicted molar refractivity (Wildman–Crippen MR) is 110 cm³/mol. The van der Waals surface area contributed by atoms with Crippen molar-refractivity contribution in [3.8, 4) is 11.8 Å². The van der Waals surface area contributed by atoms with E-state index in [0.717, 1.165) is 45.1 Å². The Bertz CT molecular complexity index is 536. The molecule has 0 aromatic heterocycles. The van der Waals surface area contributed by atoms with E-state index in [-0.39, 0.29) is 5.78 Å². The van der Waals surface area contributed by atoms with Crippen molar-refractivity contribution in [3.05, 3.63) is 48.6 Å². The zero-order valence-electron chi connectivity index (χ0n) is 16.2. The minimum absolute atomic E-state index is 0.0944. The molecule has 0 amide bonds. The summed E-state index contributed by atoms with van der Waals surface area (Å²) in [5.41, 5.74) is 1.20. The fourth-order valence-electron chi connectivity index (χ4n) is 2.69. The van der Waals surface area contributed by atoms with Gasteiger partial charge in [-0.3, -0.25) is 4.79 Å².